The summed E-state index contributed by atoms with van der Waals surface area (Å²) in [6.07, 6.45) is 1.19. The van der Waals surface area contributed by atoms with Crippen molar-refractivity contribution in [1.29, 1.82) is 0 Å². The molecule has 1 unspecified atom stereocenters. The number of Topliss-reactive ketones (excluding diaryl/α,β-unsaturated/α-hetero) is 1. The molecule has 1 atom stereocenters. The minimum absolute atomic E-state index is 0.0439. The van der Waals surface area contributed by atoms with Gasteiger partial charge in [-0.1, -0.05) is 0 Å². The number of carbonyl (C=O) groups is 1. The Kier molecular flexibility index (Phi) is 4.69. The molecule has 0 spiro atoms. The van der Waals surface area contributed by atoms with Gasteiger partial charge in [-0.15, -0.1) is 0 Å². The highest BCUT2D eigenvalue weighted by molar-refractivity contribution is 5.96. The molecule has 0 aromatic heterocycles. The van der Waals surface area contributed by atoms with Crippen LogP contribution in [0.2, 0.25) is 0 Å². The van der Waals surface area contributed by atoms with Crippen molar-refractivity contribution in [2.75, 3.05) is 0 Å². The Morgan fingerprint density at radius 3 is 2.53 bits per heavy atom. The van der Waals surface area contributed by atoms with E-state index in [-0.39, 0.29) is 12.5 Å². The van der Waals surface area contributed by atoms with Crippen LogP contribution in [-0.2, 0) is 0 Å². The topological polar surface area (TPSA) is 43.1 Å². The fraction of sp³-hybridized carbons (Fsp3) is 0.417. The second kappa shape index (κ2) is 5.82. The van der Waals surface area contributed by atoms with Crippen molar-refractivity contribution in [3.63, 3.8) is 0 Å². The minimum atomic E-state index is -1.61. The molecule has 1 rings (SSSR count). The Bertz CT molecular complexity index is 418. The van der Waals surface area contributed by atoms with Crippen molar-refractivity contribution in [3.8, 4) is 0 Å². The number of halogens is 3. The Hall–Kier alpha value is -1.36. The molecule has 0 heterocycles. The van der Waals surface area contributed by atoms with Gasteiger partial charge in [-0.2, -0.15) is 0 Å². The molecule has 0 amide bonds. The van der Waals surface area contributed by atoms with Crippen molar-refractivity contribution < 1.29 is 18.0 Å². The molecule has 2 nitrogen and oxygen atoms in total. The molecule has 0 saturated carbocycles. The fourth-order valence-corrected chi connectivity index (χ4v) is 1.46. The molecule has 0 saturated heterocycles. The lowest BCUT2D eigenvalue weighted by Gasteiger charge is -2.05. The summed E-state index contributed by atoms with van der Waals surface area (Å²) < 4.78 is 38.8. The van der Waals surface area contributed by atoms with E-state index in [0.29, 0.717) is 12.8 Å². The zero-order chi connectivity index (χ0) is 13.0. The number of nitrogens with two attached hydrogens (primary N) is 1. The predicted molar refractivity (Wildman–Crippen MR) is 58.1 cm³/mol. The van der Waals surface area contributed by atoms with Gasteiger partial charge in [0.1, 0.15) is 0 Å². The first-order valence-corrected chi connectivity index (χ1v) is 5.35. The van der Waals surface area contributed by atoms with E-state index in [1.165, 1.54) is 0 Å². The Morgan fingerprint density at radius 1 is 1.29 bits per heavy atom. The van der Waals surface area contributed by atoms with E-state index in [9.17, 15) is 18.0 Å². The largest absolute Gasteiger partial charge is 0.328 e. The molecule has 1 aromatic rings. The standard InChI is InChI=1S/C12H14F3NO/c1-7(16)3-2-4-10(17)8-5-6-9(13)12(15)11(8)14/h5-7H,2-4,16H2,1H3. The third-order valence-corrected chi connectivity index (χ3v) is 2.40. The zero-order valence-corrected chi connectivity index (χ0v) is 9.47. The number of carbonyl (C=O) groups excluding carboxylic acids is 1. The van der Waals surface area contributed by atoms with Crippen molar-refractivity contribution >= 4 is 5.78 Å². The fourth-order valence-electron chi connectivity index (χ4n) is 1.46. The molecule has 1 aromatic carbocycles. The second-order valence-electron chi connectivity index (χ2n) is 4.02. The van der Waals surface area contributed by atoms with Gasteiger partial charge >= 0.3 is 0 Å². The van der Waals surface area contributed by atoms with Crippen molar-refractivity contribution in [2.45, 2.75) is 32.2 Å². The van der Waals surface area contributed by atoms with Gasteiger partial charge in [-0.25, -0.2) is 13.2 Å². The molecule has 0 aliphatic heterocycles. The van der Waals surface area contributed by atoms with E-state index in [2.05, 4.69) is 0 Å². The van der Waals surface area contributed by atoms with Gasteiger partial charge in [0.15, 0.2) is 23.2 Å². The van der Waals surface area contributed by atoms with E-state index in [0.717, 1.165) is 12.1 Å². The highest BCUT2D eigenvalue weighted by atomic mass is 19.2. The molecule has 94 valence electrons. The maximum atomic E-state index is 13.2. The van der Waals surface area contributed by atoms with Crippen LogP contribution in [-0.4, -0.2) is 11.8 Å². The lowest BCUT2D eigenvalue weighted by Crippen LogP contribution is -2.15. The molecule has 0 fully saturated rings. The van der Waals surface area contributed by atoms with Gasteiger partial charge in [0.2, 0.25) is 0 Å². The van der Waals surface area contributed by atoms with Crippen LogP contribution in [0.4, 0.5) is 13.2 Å². The van der Waals surface area contributed by atoms with Gasteiger partial charge in [0.05, 0.1) is 5.56 Å². The SMILES string of the molecule is CC(N)CCCC(=O)c1ccc(F)c(F)c1F. The first-order valence-electron chi connectivity index (χ1n) is 5.35. The van der Waals surface area contributed by atoms with Crippen LogP contribution < -0.4 is 5.73 Å². The van der Waals surface area contributed by atoms with E-state index >= 15 is 0 Å². The summed E-state index contributed by atoms with van der Waals surface area (Å²) >= 11 is 0. The van der Waals surface area contributed by atoms with Crippen LogP contribution in [0.1, 0.15) is 36.5 Å². The molecule has 0 aliphatic carbocycles. The van der Waals surface area contributed by atoms with E-state index in [1.54, 1.807) is 6.92 Å². The van der Waals surface area contributed by atoms with E-state index in [4.69, 9.17) is 5.73 Å². The molecule has 0 bridgehead atoms. The van der Waals surface area contributed by atoms with Crippen molar-refractivity contribution in [1.82, 2.24) is 0 Å². The third kappa shape index (κ3) is 3.56. The predicted octanol–water partition coefficient (Wildman–Crippen LogP) is 2.80. The van der Waals surface area contributed by atoms with Crippen LogP contribution in [0.5, 0.6) is 0 Å². The van der Waals surface area contributed by atoms with Crippen molar-refractivity contribution in [3.05, 3.63) is 35.1 Å². The highest BCUT2D eigenvalue weighted by Gasteiger charge is 2.18. The van der Waals surface area contributed by atoms with Crippen LogP contribution >= 0.6 is 0 Å². The summed E-state index contributed by atoms with van der Waals surface area (Å²) in [4.78, 5) is 11.5. The van der Waals surface area contributed by atoms with Gasteiger partial charge in [0, 0.05) is 12.5 Å². The second-order valence-corrected chi connectivity index (χ2v) is 4.02. The van der Waals surface area contributed by atoms with Gasteiger partial charge in [0.25, 0.3) is 0 Å². The molecular formula is C12H14F3NO. The van der Waals surface area contributed by atoms with Crippen molar-refractivity contribution in [2.24, 2.45) is 5.73 Å². The summed E-state index contributed by atoms with van der Waals surface area (Å²) in [7, 11) is 0. The molecule has 2 N–H and O–H groups in total. The number of hydrogen-bond acceptors (Lipinski definition) is 2. The maximum absolute atomic E-state index is 13.2. The molecular weight excluding hydrogens is 231 g/mol. The first kappa shape index (κ1) is 13.7. The smallest absolute Gasteiger partial charge is 0.195 e. The summed E-state index contributed by atoms with van der Waals surface area (Å²) in [6, 6.07) is 1.66. The Balaban J connectivity index is 2.73. The summed E-state index contributed by atoms with van der Waals surface area (Å²) in [5.74, 6) is -4.87. The normalized spacial score (nSPS) is 12.5. The van der Waals surface area contributed by atoms with Gasteiger partial charge < -0.3 is 5.73 Å². The number of benzene rings is 1. The number of rotatable bonds is 5. The van der Waals surface area contributed by atoms with Gasteiger partial charge in [-0.05, 0) is 31.9 Å². The number of hydrogen-bond donors (Lipinski definition) is 1. The average molecular weight is 245 g/mol. The summed E-state index contributed by atoms with van der Waals surface area (Å²) in [5.41, 5.74) is 5.09. The van der Waals surface area contributed by atoms with Crippen LogP contribution in [0.25, 0.3) is 0 Å². The zero-order valence-electron chi connectivity index (χ0n) is 9.47. The Labute approximate surface area is 97.6 Å². The first-order chi connectivity index (χ1) is 7.93. The lowest BCUT2D eigenvalue weighted by atomic mass is 10.0. The van der Waals surface area contributed by atoms with E-state index in [1.807, 2.05) is 0 Å². The number of ketones is 1. The third-order valence-electron chi connectivity index (χ3n) is 2.40. The Morgan fingerprint density at radius 2 is 1.94 bits per heavy atom. The van der Waals surface area contributed by atoms with Crippen LogP contribution in [0, 0.1) is 17.5 Å². The highest BCUT2D eigenvalue weighted by Crippen LogP contribution is 2.17. The quantitative estimate of drug-likeness (QED) is 0.640. The van der Waals surface area contributed by atoms with Crippen LogP contribution in [0.15, 0.2) is 12.1 Å². The minimum Gasteiger partial charge on any atom is -0.328 e. The summed E-state index contributed by atoms with van der Waals surface area (Å²) in [5, 5.41) is 0. The lowest BCUT2D eigenvalue weighted by molar-refractivity contribution is 0.0974. The monoisotopic (exact) mass is 245 g/mol. The average Bonchev–Trinajstić information content (AvgIpc) is 2.25. The summed E-state index contributed by atoms with van der Waals surface area (Å²) in [6.45, 7) is 1.79. The molecule has 0 aliphatic rings. The maximum Gasteiger partial charge on any atom is 0.195 e. The van der Waals surface area contributed by atoms with Crippen LogP contribution in [0.3, 0.4) is 0 Å². The molecule has 5 heteroatoms. The van der Waals surface area contributed by atoms with Gasteiger partial charge in [-0.3, -0.25) is 4.79 Å². The molecule has 0 radical (unpaired) electrons. The van der Waals surface area contributed by atoms with E-state index < -0.39 is 28.8 Å². The molecule has 17 heavy (non-hydrogen) atoms.